The van der Waals surface area contributed by atoms with Crippen molar-refractivity contribution in [2.75, 3.05) is 13.1 Å². The largest absolute Gasteiger partial charge is 0.486 e. The number of carbonyl (C=O) groups excluding carboxylic acids is 1. The zero-order valence-electron chi connectivity index (χ0n) is 17.6. The molecule has 1 aliphatic carbocycles. The molecule has 1 saturated carbocycles. The molecule has 0 unspecified atom stereocenters. The van der Waals surface area contributed by atoms with Crippen molar-refractivity contribution in [1.82, 2.24) is 14.9 Å². The lowest BCUT2D eigenvalue weighted by Gasteiger charge is -2.35. The molecule has 31 heavy (non-hydrogen) atoms. The number of H-pyrrole nitrogens is 1. The minimum absolute atomic E-state index is 0.0865. The first-order valence-corrected chi connectivity index (χ1v) is 10.7. The molecule has 0 spiro atoms. The minimum atomic E-state index is -0.576. The predicted molar refractivity (Wildman–Crippen MR) is 115 cm³/mol. The highest BCUT2D eigenvalue weighted by Crippen LogP contribution is 2.39. The van der Waals surface area contributed by atoms with Gasteiger partial charge in [-0.2, -0.15) is 0 Å². The molecule has 4 atom stereocenters. The van der Waals surface area contributed by atoms with Crippen LogP contribution in [0.15, 0.2) is 36.4 Å². The quantitative estimate of drug-likeness (QED) is 0.675. The highest BCUT2D eigenvalue weighted by atomic mass is 19.1. The van der Waals surface area contributed by atoms with Crippen molar-refractivity contribution in [2.24, 2.45) is 11.8 Å². The van der Waals surface area contributed by atoms with Gasteiger partial charge < -0.3 is 19.7 Å². The number of amides is 1. The van der Waals surface area contributed by atoms with Crippen LogP contribution in [0.2, 0.25) is 0 Å². The maximum absolute atomic E-state index is 13.5. The van der Waals surface area contributed by atoms with E-state index in [1.807, 2.05) is 30.9 Å². The van der Waals surface area contributed by atoms with Gasteiger partial charge in [0.15, 0.2) is 0 Å². The molecule has 1 aromatic carbocycles. The number of pyridine rings is 1. The molecule has 1 saturated heterocycles. The number of hydrogen-bond acceptors (Lipinski definition) is 4. The van der Waals surface area contributed by atoms with Crippen LogP contribution in [0.3, 0.4) is 0 Å². The fraction of sp³-hybridized carbons (Fsp3) is 0.417. The second kappa shape index (κ2) is 7.64. The van der Waals surface area contributed by atoms with Gasteiger partial charge in [0.25, 0.3) is 5.91 Å². The lowest BCUT2D eigenvalue weighted by Crippen LogP contribution is -2.42. The van der Waals surface area contributed by atoms with Gasteiger partial charge in [-0.05, 0) is 74.9 Å². The number of likely N-dealkylation sites (tertiary alicyclic amines) is 1. The molecular formula is C24H26FN3O3. The third kappa shape index (κ3) is 3.78. The Hall–Kier alpha value is -2.93. The average Bonchev–Trinajstić information content (AvgIpc) is 3.33. The topological polar surface area (TPSA) is 78.5 Å². The molecule has 3 aromatic rings. The third-order valence-corrected chi connectivity index (χ3v) is 6.64. The lowest BCUT2D eigenvalue weighted by molar-refractivity contribution is -0.0236. The van der Waals surface area contributed by atoms with Crippen molar-refractivity contribution in [2.45, 2.75) is 38.9 Å². The molecule has 2 N–H and O–H groups in total. The van der Waals surface area contributed by atoms with E-state index in [4.69, 9.17) is 4.74 Å². The predicted octanol–water partition coefficient (Wildman–Crippen LogP) is 3.61. The molecule has 2 aliphatic rings. The lowest BCUT2D eigenvalue weighted by atomic mass is 9.78. The molecule has 2 aromatic heterocycles. The Bertz CT molecular complexity index is 1140. The van der Waals surface area contributed by atoms with Gasteiger partial charge in [0, 0.05) is 29.7 Å². The summed E-state index contributed by atoms with van der Waals surface area (Å²) in [5, 5.41) is 11.4. The number of carbonyl (C=O) groups is 1. The van der Waals surface area contributed by atoms with Crippen LogP contribution < -0.4 is 4.74 Å². The molecule has 6 nitrogen and oxygen atoms in total. The number of aliphatic hydroxyl groups is 1. The van der Waals surface area contributed by atoms with Gasteiger partial charge >= 0.3 is 0 Å². The number of benzene rings is 1. The van der Waals surface area contributed by atoms with Gasteiger partial charge in [-0.3, -0.25) is 9.78 Å². The van der Waals surface area contributed by atoms with Crippen LogP contribution in [0.5, 0.6) is 5.75 Å². The van der Waals surface area contributed by atoms with Crippen molar-refractivity contribution in [1.29, 1.82) is 0 Å². The molecule has 7 heteroatoms. The third-order valence-electron chi connectivity index (χ3n) is 6.64. The summed E-state index contributed by atoms with van der Waals surface area (Å²) in [7, 11) is 0. The van der Waals surface area contributed by atoms with Crippen LogP contribution in [-0.4, -0.2) is 51.2 Å². The normalized spacial score (nSPS) is 25.6. The molecular weight excluding hydrogens is 397 g/mol. The van der Waals surface area contributed by atoms with E-state index >= 15 is 0 Å². The van der Waals surface area contributed by atoms with E-state index in [9.17, 15) is 14.3 Å². The summed E-state index contributed by atoms with van der Waals surface area (Å²) in [5.41, 5.74) is 2.95. The average molecular weight is 423 g/mol. The molecule has 2 fully saturated rings. The Kier molecular flexibility index (Phi) is 4.93. The molecule has 3 heterocycles. The number of halogens is 1. The van der Waals surface area contributed by atoms with Gasteiger partial charge in [0.1, 0.15) is 23.4 Å². The zero-order valence-corrected chi connectivity index (χ0v) is 17.6. The zero-order chi connectivity index (χ0) is 21.7. The maximum atomic E-state index is 13.5. The number of ether oxygens (including phenoxy) is 1. The summed E-state index contributed by atoms with van der Waals surface area (Å²) in [6, 6.07) is 9.96. The van der Waals surface area contributed by atoms with Crippen molar-refractivity contribution in [3.8, 4) is 5.75 Å². The Morgan fingerprint density at radius 2 is 1.94 bits per heavy atom. The number of aromatic nitrogens is 2. The molecule has 0 bridgehead atoms. The number of nitrogens with one attached hydrogen (secondary N) is 1. The van der Waals surface area contributed by atoms with E-state index in [2.05, 4.69) is 9.97 Å². The van der Waals surface area contributed by atoms with E-state index in [1.165, 1.54) is 12.1 Å². The highest BCUT2D eigenvalue weighted by molar-refractivity contribution is 5.98. The second-order valence-electron chi connectivity index (χ2n) is 8.88. The van der Waals surface area contributed by atoms with Crippen molar-refractivity contribution >= 4 is 16.8 Å². The molecule has 0 radical (unpaired) electrons. The van der Waals surface area contributed by atoms with Crippen LogP contribution in [0.4, 0.5) is 4.39 Å². The number of rotatable bonds is 3. The van der Waals surface area contributed by atoms with Gasteiger partial charge in [-0.1, -0.05) is 0 Å². The van der Waals surface area contributed by atoms with Gasteiger partial charge in [-0.25, -0.2) is 4.39 Å². The number of aromatic amines is 1. The van der Waals surface area contributed by atoms with Gasteiger partial charge in [0.05, 0.1) is 11.8 Å². The number of nitrogens with zero attached hydrogens (tertiary/aromatic N) is 2. The van der Waals surface area contributed by atoms with E-state index < -0.39 is 6.10 Å². The Morgan fingerprint density at radius 1 is 1.16 bits per heavy atom. The number of fused-ring (bicyclic) bond motifs is 2. The van der Waals surface area contributed by atoms with Gasteiger partial charge in [-0.15, -0.1) is 0 Å². The molecule has 1 amide bonds. The minimum Gasteiger partial charge on any atom is -0.486 e. The smallest absolute Gasteiger partial charge is 0.270 e. The van der Waals surface area contributed by atoms with Crippen molar-refractivity contribution < 1.29 is 19.0 Å². The number of aryl methyl sites for hydroxylation is 2. The van der Waals surface area contributed by atoms with Crippen LogP contribution in [0, 0.1) is 31.5 Å². The van der Waals surface area contributed by atoms with Crippen LogP contribution >= 0.6 is 0 Å². The van der Waals surface area contributed by atoms with Crippen LogP contribution in [0.25, 0.3) is 10.9 Å². The molecule has 5 rings (SSSR count). The number of aliphatic hydroxyl groups excluding tert-OH is 1. The van der Waals surface area contributed by atoms with Crippen molar-refractivity contribution in [3.63, 3.8) is 0 Å². The van der Waals surface area contributed by atoms with E-state index in [1.54, 1.807) is 12.1 Å². The summed E-state index contributed by atoms with van der Waals surface area (Å²) in [4.78, 5) is 22.5. The Morgan fingerprint density at radius 3 is 2.71 bits per heavy atom. The van der Waals surface area contributed by atoms with E-state index in [0.29, 0.717) is 42.8 Å². The number of hydrogen-bond donors (Lipinski definition) is 2. The second-order valence-corrected chi connectivity index (χ2v) is 8.88. The molecule has 1 aliphatic heterocycles. The summed E-state index contributed by atoms with van der Waals surface area (Å²) in [6.45, 7) is 5.08. The van der Waals surface area contributed by atoms with Crippen molar-refractivity contribution in [3.05, 3.63) is 59.3 Å². The summed E-state index contributed by atoms with van der Waals surface area (Å²) in [5.74, 6) is 0.813. The fourth-order valence-electron chi connectivity index (χ4n) is 5.03. The van der Waals surface area contributed by atoms with Gasteiger partial charge in [0.2, 0.25) is 0 Å². The van der Waals surface area contributed by atoms with E-state index in [0.717, 1.165) is 16.9 Å². The Labute approximate surface area is 180 Å². The summed E-state index contributed by atoms with van der Waals surface area (Å²) < 4.78 is 19.6. The van der Waals surface area contributed by atoms with Crippen LogP contribution in [-0.2, 0) is 0 Å². The first kappa shape index (κ1) is 20.0. The fourth-order valence-corrected chi connectivity index (χ4v) is 5.03. The first-order valence-electron chi connectivity index (χ1n) is 10.7. The summed E-state index contributed by atoms with van der Waals surface area (Å²) in [6.07, 6.45) is 0.416. The van der Waals surface area contributed by atoms with E-state index in [-0.39, 0.29) is 29.7 Å². The first-order chi connectivity index (χ1) is 14.9. The maximum Gasteiger partial charge on any atom is 0.270 e. The SMILES string of the molecule is Cc1ccc(O[C@@H]2C[C@@H]3CN(C(=O)c4cc5cc(F)ccc5[nH]4)C[C@@H]3C[C@H]2O)c(C)n1. The highest BCUT2D eigenvalue weighted by Gasteiger charge is 2.44. The monoisotopic (exact) mass is 423 g/mol. The summed E-state index contributed by atoms with van der Waals surface area (Å²) >= 11 is 0. The molecule has 162 valence electrons. The Balaban J connectivity index is 1.29. The standard InChI is InChI=1S/C24H26FN3O3/c1-13-3-6-22(14(2)26-13)31-23-10-17-12-28(11-16(17)9-21(23)29)24(30)20-8-15-7-18(25)4-5-19(15)27-20/h3-8,16-17,21,23,27,29H,9-12H2,1-2H3/t16-,17+,21+,23+/m0/s1. The van der Waals surface area contributed by atoms with Crippen LogP contribution in [0.1, 0.15) is 34.7 Å².